The zero-order valence-corrected chi connectivity index (χ0v) is 8.96. The van der Waals surface area contributed by atoms with E-state index in [-0.39, 0.29) is 12.0 Å². The molecule has 0 bridgehead atoms. The van der Waals surface area contributed by atoms with Gasteiger partial charge in [-0.15, -0.1) is 0 Å². The Morgan fingerprint density at radius 3 is 2.88 bits per heavy atom. The molecule has 4 heteroatoms. The fraction of sp³-hybridized carbons (Fsp3) is 0.500. The van der Waals surface area contributed by atoms with Gasteiger partial charge in [0.25, 0.3) is 0 Å². The summed E-state index contributed by atoms with van der Waals surface area (Å²) in [5.41, 5.74) is 6.05. The Balaban J connectivity index is 2.27. The van der Waals surface area contributed by atoms with Gasteiger partial charge >= 0.3 is 0 Å². The van der Waals surface area contributed by atoms with Crippen LogP contribution in [0.2, 0.25) is 0 Å². The molecule has 1 fully saturated rings. The molecule has 1 aliphatic rings. The Labute approximate surface area is 93.4 Å². The minimum Gasteiger partial charge on any atom is -0.373 e. The van der Waals surface area contributed by atoms with Gasteiger partial charge in [0.15, 0.2) is 0 Å². The Morgan fingerprint density at radius 1 is 1.38 bits per heavy atom. The first-order valence-electron chi connectivity index (χ1n) is 5.49. The third-order valence-corrected chi connectivity index (χ3v) is 3.02. The topological polar surface area (TPSA) is 35.2 Å². The molecule has 0 radical (unpaired) electrons. The van der Waals surface area contributed by atoms with Crippen molar-refractivity contribution >= 4 is 0 Å². The number of benzene rings is 1. The molecule has 0 aromatic heterocycles. The summed E-state index contributed by atoms with van der Waals surface area (Å²) in [4.78, 5) is 0. The van der Waals surface area contributed by atoms with Gasteiger partial charge in [-0.1, -0.05) is 6.07 Å². The van der Waals surface area contributed by atoms with Crippen molar-refractivity contribution in [1.82, 2.24) is 0 Å². The second kappa shape index (κ2) is 4.89. The molecule has 2 rings (SSSR count). The van der Waals surface area contributed by atoms with E-state index in [4.69, 9.17) is 10.5 Å². The van der Waals surface area contributed by atoms with E-state index in [0.717, 1.165) is 18.9 Å². The van der Waals surface area contributed by atoms with Crippen LogP contribution in [-0.2, 0) is 4.74 Å². The number of rotatable bonds is 2. The first kappa shape index (κ1) is 11.5. The van der Waals surface area contributed by atoms with Crippen molar-refractivity contribution < 1.29 is 13.5 Å². The van der Waals surface area contributed by atoms with Crippen LogP contribution in [0, 0.1) is 17.6 Å². The van der Waals surface area contributed by atoms with Crippen LogP contribution in [0.25, 0.3) is 0 Å². The van der Waals surface area contributed by atoms with E-state index in [2.05, 4.69) is 0 Å². The molecular formula is C12H15F2NO. The predicted molar refractivity (Wildman–Crippen MR) is 56.8 cm³/mol. The van der Waals surface area contributed by atoms with Crippen molar-refractivity contribution in [3.8, 4) is 0 Å². The highest BCUT2D eigenvalue weighted by Gasteiger charge is 2.28. The molecule has 0 spiro atoms. The van der Waals surface area contributed by atoms with E-state index in [9.17, 15) is 8.78 Å². The maximum absolute atomic E-state index is 13.6. The Bertz CT molecular complexity index is 370. The normalized spacial score (nSPS) is 25.7. The summed E-state index contributed by atoms with van der Waals surface area (Å²) in [5.74, 6) is -1.000. The van der Waals surface area contributed by atoms with Crippen molar-refractivity contribution in [2.45, 2.75) is 18.9 Å². The van der Waals surface area contributed by atoms with E-state index >= 15 is 0 Å². The third-order valence-electron chi connectivity index (χ3n) is 3.02. The second-order valence-electron chi connectivity index (χ2n) is 4.10. The summed E-state index contributed by atoms with van der Waals surface area (Å²) in [6.45, 7) is 1.07. The van der Waals surface area contributed by atoms with Crippen LogP contribution in [0.3, 0.4) is 0 Å². The summed E-state index contributed by atoms with van der Waals surface area (Å²) >= 11 is 0. The van der Waals surface area contributed by atoms with Gasteiger partial charge in [-0.3, -0.25) is 0 Å². The van der Waals surface area contributed by atoms with Crippen molar-refractivity contribution in [2.24, 2.45) is 11.7 Å². The van der Waals surface area contributed by atoms with Crippen LogP contribution >= 0.6 is 0 Å². The zero-order valence-electron chi connectivity index (χ0n) is 8.96. The largest absolute Gasteiger partial charge is 0.373 e. The number of hydrogen-bond donors (Lipinski definition) is 1. The monoisotopic (exact) mass is 227 g/mol. The Hall–Kier alpha value is -1.00. The molecule has 2 atom stereocenters. The molecule has 1 saturated heterocycles. The highest BCUT2D eigenvalue weighted by atomic mass is 19.1. The molecule has 0 aliphatic carbocycles. The Morgan fingerprint density at radius 2 is 2.19 bits per heavy atom. The molecular weight excluding hydrogens is 212 g/mol. The second-order valence-corrected chi connectivity index (χ2v) is 4.10. The summed E-state index contributed by atoms with van der Waals surface area (Å²) in [5, 5.41) is 0. The van der Waals surface area contributed by atoms with E-state index in [0.29, 0.717) is 18.7 Å². The van der Waals surface area contributed by atoms with Gasteiger partial charge in [0.1, 0.15) is 11.6 Å². The smallest absolute Gasteiger partial charge is 0.131 e. The first-order chi connectivity index (χ1) is 7.72. The van der Waals surface area contributed by atoms with Crippen LogP contribution < -0.4 is 5.73 Å². The van der Waals surface area contributed by atoms with Gasteiger partial charge in [0.05, 0.1) is 6.10 Å². The predicted octanol–water partition coefficient (Wildman–Crippen LogP) is 2.39. The third kappa shape index (κ3) is 2.23. The van der Waals surface area contributed by atoms with Crippen LogP contribution in [-0.4, -0.2) is 13.2 Å². The van der Waals surface area contributed by atoms with Gasteiger partial charge in [-0.2, -0.15) is 0 Å². The van der Waals surface area contributed by atoms with E-state index in [1.54, 1.807) is 0 Å². The lowest BCUT2D eigenvalue weighted by molar-refractivity contribution is -0.0271. The lowest BCUT2D eigenvalue weighted by Gasteiger charge is -2.31. The first-order valence-corrected chi connectivity index (χ1v) is 5.49. The number of ether oxygens (including phenoxy) is 1. The van der Waals surface area contributed by atoms with Crippen LogP contribution in [0.15, 0.2) is 18.2 Å². The van der Waals surface area contributed by atoms with Gasteiger partial charge in [0, 0.05) is 24.2 Å². The van der Waals surface area contributed by atoms with Gasteiger partial charge < -0.3 is 10.5 Å². The minimum atomic E-state index is -0.568. The standard InChI is InChI=1S/C12H15F2NO/c13-9-3-4-10(11(14)6-9)12-8(7-15)2-1-5-16-12/h3-4,6,8,12H,1-2,5,7,15H2. The van der Waals surface area contributed by atoms with Gasteiger partial charge in [0.2, 0.25) is 0 Å². The SMILES string of the molecule is NCC1CCCOC1c1ccc(F)cc1F. The molecule has 1 aromatic carbocycles. The molecule has 88 valence electrons. The molecule has 1 heterocycles. The maximum Gasteiger partial charge on any atom is 0.131 e. The molecule has 2 nitrogen and oxygen atoms in total. The fourth-order valence-corrected chi connectivity index (χ4v) is 2.16. The van der Waals surface area contributed by atoms with Crippen LogP contribution in [0.5, 0.6) is 0 Å². The van der Waals surface area contributed by atoms with Crippen molar-refractivity contribution in [3.63, 3.8) is 0 Å². The zero-order chi connectivity index (χ0) is 11.5. The number of halogens is 2. The molecule has 1 aliphatic heterocycles. The number of nitrogens with two attached hydrogens (primary N) is 1. The minimum absolute atomic E-state index is 0.119. The number of hydrogen-bond acceptors (Lipinski definition) is 2. The average Bonchev–Trinajstić information content (AvgIpc) is 2.29. The quantitative estimate of drug-likeness (QED) is 0.842. The molecule has 2 N–H and O–H groups in total. The fourth-order valence-electron chi connectivity index (χ4n) is 2.16. The highest BCUT2D eigenvalue weighted by Crippen LogP contribution is 2.34. The van der Waals surface area contributed by atoms with E-state index in [1.165, 1.54) is 12.1 Å². The van der Waals surface area contributed by atoms with Crippen molar-refractivity contribution in [1.29, 1.82) is 0 Å². The summed E-state index contributed by atoms with van der Waals surface area (Å²) in [6, 6.07) is 3.59. The molecule has 0 saturated carbocycles. The lowest BCUT2D eigenvalue weighted by Crippen LogP contribution is -2.29. The van der Waals surface area contributed by atoms with E-state index < -0.39 is 11.6 Å². The van der Waals surface area contributed by atoms with Crippen molar-refractivity contribution in [2.75, 3.05) is 13.2 Å². The summed E-state index contributed by atoms with van der Waals surface area (Å²) < 4.78 is 31.9. The van der Waals surface area contributed by atoms with Gasteiger partial charge in [-0.25, -0.2) is 8.78 Å². The maximum atomic E-state index is 13.6. The lowest BCUT2D eigenvalue weighted by atomic mass is 9.89. The van der Waals surface area contributed by atoms with Crippen LogP contribution in [0.4, 0.5) is 8.78 Å². The van der Waals surface area contributed by atoms with Crippen LogP contribution in [0.1, 0.15) is 24.5 Å². The summed E-state index contributed by atoms with van der Waals surface area (Å²) in [6.07, 6.45) is 1.54. The van der Waals surface area contributed by atoms with Crippen molar-refractivity contribution in [3.05, 3.63) is 35.4 Å². The highest BCUT2D eigenvalue weighted by molar-refractivity contribution is 5.22. The molecule has 2 unspecified atom stereocenters. The van der Waals surface area contributed by atoms with E-state index in [1.807, 2.05) is 0 Å². The molecule has 0 amide bonds. The summed E-state index contributed by atoms with van der Waals surface area (Å²) in [7, 11) is 0. The Kier molecular flexibility index (Phi) is 3.51. The van der Waals surface area contributed by atoms with Gasteiger partial charge in [-0.05, 0) is 25.5 Å². The molecule has 16 heavy (non-hydrogen) atoms. The molecule has 1 aromatic rings. The average molecular weight is 227 g/mol.